The third kappa shape index (κ3) is 3.96. The van der Waals surface area contributed by atoms with Gasteiger partial charge in [0.05, 0.1) is 31.0 Å². The van der Waals surface area contributed by atoms with Gasteiger partial charge in [-0.05, 0) is 0 Å². The van der Waals surface area contributed by atoms with Gasteiger partial charge in [0, 0.05) is 13.0 Å². The van der Waals surface area contributed by atoms with Gasteiger partial charge in [-0.2, -0.15) is 4.98 Å². The number of nitrogens with one attached hydrogen (secondary N) is 2. The molecule has 10 heteroatoms. The van der Waals surface area contributed by atoms with Crippen molar-refractivity contribution in [3.05, 3.63) is 22.2 Å². The van der Waals surface area contributed by atoms with E-state index in [1.165, 1.54) is 6.20 Å². The maximum Gasteiger partial charge on any atom is 0.305 e. The number of aliphatic carboxylic acids is 1. The second-order valence-corrected chi connectivity index (χ2v) is 4.56. The van der Waals surface area contributed by atoms with E-state index in [1.807, 2.05) is 0 Å². The van der Waals surface area contributed by atoms with Crippen LogP contribution in [0.1, 0.15) is 12.1 Å². The molecule has 0 aromatic carbocycles. The molecule has 0 fully saturated rings. The predicted octanol–water partition coefficient (Wildman–Crippen LogP) is -1.50. The fourth-order valence-corrected chi connectivity index (χ4v) is 1.73. The number of carboxylic acids is 1. The van der Waals surface area contributed by atoms with Crippen LogP contribution in [0.2, 0.25) is 0 Å². The Bertz CT molecular complexity index is 731. The number of nitrogens with zero attached hydrogens (tertiary/aromatic N) is 3. The second-order valence-electron chi connectivity index (χ2n) is 4.56. The van der Waals surface area contributed by atoms with E-state index in [1.54, 1.807) is 0 Å². The highest BCUT2D eigenvalue weighted by Gasteiger charge is 2.11. The van der Waals surface area contributed by atoms with Gasteiger partial charge in [-0.15, -0.1) is 0 Å². The Morgan fingerprint density at radius 1 is 1.41 bits per heavy atom. The van der Waals surface area contributed by atoms with Crippen LogP contribution in [0.5, 0.6) is 0 Å². The van der Waals surface area contributed by atoms with Crippen molar-refractivity contribution in [2.75, 3.05) is 18.5 Å². The molecule has 1 unspecified atom stereocenters. The molecule has 0 saturated carbocycles. The summed E-state index contributed by atoms with van der Waals surface area (Å²) in [6.07, 6.45) is 0.327. The lowest BCUT2D eigenvalue weighted by Gasteiger charge is -2.07. The van der Waals surface area contributed by atoms with Crippen LogP contribution < -0.4 is 10.9 Å². The molecule has 0 aliphatic rings. The number of rotatable bonds is 7. The lowest BCUT2D eigenvalue weighted by molar-refractivity contribution is -0.136. The first-order chi connectivity index (χ1) is 10.5. The minimum absolute atomic E-state index is 0.00595. The first kappa shape index (κ1) is 15.8. The molecule has 0 aliphatic carbocycles. The smallest absolute Gasteiger partial charge is 0.305 e. The largest absolute Gasteiger partial charge is 0.481 e. The number of fused-ring (bicyclic) bond motifs is 1. The summed E-state index contributed by atoms with van der Waals surface area (Å²) in [4.78, 5) is 36.9. The molecule has 10 nitrogen and oxygen atoms in total. The molecule has 0 radical (unpaired) electrons. The van der Waals surface area contributed by atoms with Gasteiger partial charge < -0.3 is 20.6 Å². The molecular weight excluding hydrogens is 294 g/mol. The highest BCUT2D eigenvalue weighted by Crippen LogP contribution is 2.06. The number of carboxylic acid groups (broad SMARTS) is 1. The molecule has 2 aromatic rings. The molecule has 0 amide bonds. The number of aliphatic hydroxyl groups is 2. The van der Waals surface area contributed by atoms with Crippen molar-refractivity contribution >= 4 is 23.1 Å². The first-order valence-corrected chi connectivity index (χ1v) is 6.50. The number of anilines is 1. The van der Waals surface area contributed by atoms with E-state index < -0.39 is 24.2 Å². The number of H-pyrrole nitrogens is 1. The summed E-state index contributed by atoms with van der Waals surface area (Å²) < 4.78 is 0. The molecule has 1 atom stereocenters. The van der Waals surface area contributed by atoms with Crippen LogP contribution >= 0.6 is 0 Å². The summed E-state index contributed by atoms with van der Waals surface area (Å²) in [6.45, 7) is -0.307. The van der Waals surface area contributed by atoms with E-state index >= 15 is 0 Å². The lowest BCUT2D eigenvalue weighted by Crippen LogP contribution is -2.19. The van der Waals surface area contributed by atoms with Crippen molar-refractivity contribution in [1.82, 2.24) is 19.9 Å². The normalized spacial score (nSPS) is 12.3. The highest BCUT2D eigenvalue weighted by molar-refractivity contribution is 5.70. The zero-order valence-electron chi connectivity index (χ0n) is 11.5. The van der Waals surface area contributed by atoms with Crippen LogP contribution in [0.25, 0.3) is 11.2 Å². The Hall–Kier alpha value is -2.59. The molecule has 0 aliphatic heterocycles. The monoisotopic (exact) mass is 309 g/mol. The Morgan fingerprint density at radius 2 is 2.18 bits per heavy atom. The highest BCUT2D eigenvalue weighted by atomic mass is 16.4. The van der Waals surface area contributed by atoms with Gasteiger partial charge in [0.2, 0.25) is 5.95 Å². The fourth-order valence-electron chi connectivity index (χ4n) is 1.73. The third-order valence-electron chi connectivity index (χ3n) is 2.75. The quantitative estimate of drug-likeness (QED) is 0.409. The van der Waals surface area contributed by atoms with E-state index in [0.29, 0.717) is 5.69 Å². The van der Waals surface area contributed by atoms with E-state index in [9.17, 15) is 14.7 Å². The number of aliphatic hydroxyl groups excluding tert-OH is 2. The van der Waals surface area contributed by atoms with Crippen molar-refractivity contribution in [3.8, 4) is 0 Å². The average molecular weight is 309 g/mol. The Morgan fingerprint density at radius 3 is 2.86 bits per heavy atom. The Balaban J connectivity index is 2.23. The molecule has 5 N–H and O–H groups in total. The zero-order valence-corrected chi connectivity index (χ0v) is 11.5. The van der Waals surface area contributed by atoms with Gasteiger partial charge in [-0.3, -0.25) is 14.6 Å². The van der Waals surface area contributed by atoms with Crippen molar-refractivity contribution in [2.45, 2.75) is 18.9 Å². The molecule has 2 rings (SSSR count). The van der Waals surface area contributed by atoms with Gasteiger partial charge in [0.1, 0.15) is 0 Å². The molecular formula is C12H15N5O5. The lowest BCUT2D eigenvalue weighted by atomic mass is 10.2. The van der Waals surface area contributed by atoms with Gasteiger partial charge >= 0.3 is 5.97 Å². The average Bonchev–Trinajstić information content (AvgIpc) is 2.47. The van der Waals surface area contributed by atoms with Crippen LogP contribution in [0.3, 0.4) is 0 Å². The van der Waals surface area contributed by atoms with Crippen molar-refractivity contribution < 1.29 is 20.1 Å². The summed E-state index contributed by atoms with van der Waals surface area (Å²) in [7, 11) is 0. The van der Waals surface area contributed by atoms with Crippen LogP contribution in [0.4, 0.5) is 5.95 Å². The zero-order chi connectivity index (χ0) is 16.1. The molecule has 0 spiro atoms. The van der Waals surface area contributed by atoms with Crippen LogP contribution in [-0.4, -0.2) is 60.5 Å². The molecule has 0 bridgehead atoms. The minimum Gasteiger partial charge on any atom is -0.481 e. The standard InChI is InChI=1S/C12H15N5O5/c18-5-7(19)3-6-4-14-10-9(15-6)11(22)17-12(16-10)13-2-1-8(20)21/h4,7,18-19H,1-3,5H2,(H,20,21)(H2,13,14,16,17,22). The summed E-state index contributed by atoms with van der Waals surface area (Å²) in [5.74, 6) is -0.862. The molecule has 2 aromatic heterocycles. The van der Waals surface area contributed by atoms with Crippen LogP contribution in [0, 0.1) is 0 Å². The Labute approximate surface area is 123 Å². The number of hydrogen-bond donors (Lipinski definition) is 5. The van der Waals surface area contributed by atoms with Crippen molar-refractivity contribution in [1.29, 1.82) is 0 Å². The molecule has 0 saturated heterocycles. The number of carbonyl (C=O) groups is 1. The van der Waals surface area contributed by atoms with Gasteiger partial charge in [-0.25, -0.2) is 9.97 Å². The second kappa shape index (κ2) is 6.91. The van der Waals surface area contributed by atoms with E-state index in [-0.39, 0.29) is 36.5 Å². The number of hydrogen-bond acceptors (Lipinski definition) is 8. The van der Waals surface area contributed by atoms with Crippen molar-refractivity contribution in [2.24, 2.45) is 0 Å². The van der Waals surface area contributed by atoms with Gasteiger partial charge in [0.15, 0.2) is 11.2 Å². The van der Waals surface area contributed by atoms with Gasteiger partial charge in [0.25, 0.3) is 5.56 Å². The van der Waals surface area contributed by atoms with E-state index in [2.05, 4.69) is 25.3 Å². The number of aromatic amines is 1. The number of aromatic nitrogens is 4. The van der Waals surface area contributed by atoms with E-state index in [0.717, 1.165) is 0 Å². The maximum absolute atomic E-state index is 11.9. The third-order valence-corrected chi connectivity index (χ3v) is 2.75. The minimum atomic E-state index is -0.976. The SMILES string of the molecule is O=C(O)CCNc1nc2ncc(CC(O)CO)nc2c(=O)[nH]1. The van der Waals surface area contributed by atoms with E-state index in [4.69, 9.17) is 10.2 Å². The first-order valence-electron chi connectivity index (χ1n) is 6.50. The fraction of sp³-hybridized carbons (Fsp3) is 0.417. The van der Waals surface area contributed by atoms with Crippen molar-refractivity contribution in [3.63, 3.8) is 0 Å². The summed E-state index contributed by atoms with van der Waals surface area (Å²) >= 11 is 0. The molecule has 118 valence electrons. The van der Waals surface area contributed by atoms with Gasteiger partial charge in [-0.1, -0.05) is 0 Å². The maximum atomic E-state index is 11.9. The summed E-state index contributed by atoms with van der Waals surface area (Å²) in [6, 6.07) is 0. The summed E-state index contributed by atoms with van der Waals surface area (Å²) in [5, 5.41) is 29.4. The van der Waals surface area contributed by atoms with Crippen LogP contribution in [-0.2, 0) is 11.2 Å². The molecule has 22 heavy (non-hydrogen) atoms. The van der Waals surface area contributed by atoms with Crippen LogP contribution in [0.15, 0.2) is 11.0 Å². The molecule has 2 heterocycles. The topological polar surface area (TPSA) is 161 Å². The predicted molar refractivity (Wildman–Crippen MR) is 75.5 cm³/mol. The Kier molecular flexibility index (Phi) is 4.96. The summed E-state index contributed by atoms with van der Waals surface area (Å²) in [5.41, 5.74) is -0.0705.